The molecule has 2 N–H and O–H groups in total. The predicted octanol–water partition coefficient (Wildman–Crippen LogP) is 3.56. The number of carbonyl (C=O) groups excluding carboxylic acids is 1. The summed E-state index contributed by atoms with van der Waals surface area (Å²) in [5, 5.41) is 4.25. The molecule has 1 heterocycles. The smallest absolute Gasteiger partial charge is 0.220 e. The van der Waals surface area contributed by atoms with E-state index in [4.69, 9.17) is 0 Å². The summed E-state index contributed by atoms with van der Waals surface area (Å²) in [6.07, 6.45) is 3.40. The number of likely N-dealkylation sites (N-methyl/N-ethyl adjacent to an activating group) is 1. The Morgan fingerprint density at radius 1 is 1.08 bits per heavy atom. The lowest BCUT2D eigenvalue weighted by Gasteiger charge is -2.17. The van der Waals surface area contributed by atoms with Crippen LogP contribution >= 0.6 is 0 Å². The fraction of sp³-hybridized carbons (Fsp3) is 0.318. The minimum atomic E-state index is 0.109. The fourth-order valence-corrected chi connectivity index (χ4v) is 3.34. The zero-order valence-corrected chi connectivity index (χ0v) is 15.5. The molecule has 26 heavy (non-hydrogen) atoms. The molecular formula is C22H27N3O. The molecule has 1 amide bonds. The van der Waals surface area contributed by atoms with Gasteiger partial charge >= 0.3 is 0 Å². The summed E-state index contributed by atoms with van der Waals surface area (Å²) in [6, 6.07) is 18.7. The molecule has 0 bridgehead atoms. The van der Waals surface area contributed by atoms with Crippen molar-refractivity contribution in [3.05, 3.63) is 71.9 Å². The quantitative estimate of drug-likeness (QED) is 0.653. The number of carbonyl (C=O) groups is 1. The van der Waals surface area contributed by atoms with E-state index in [1.54, 1.807) is 0 Å². The topological polar surface area (TPSA) is 48.1 Å². The Morgan fingerprint density at radius 2 is 1.81 bits per heavy atom. The molecule has 0 aliphatic rings. The van der Waals surface area contributed by atoms with E-state index >= 15 is 0 Å². The number of H-pyrrole nitrogens is 1. The molecule has 1 atom stereocenters. The molecular weight excluding hydrogens is 322 g/mol. The standard InChI is InChI=1S/C22H27N3O/c1-25(2)13-12-23-22(26)15-18(14-17-8-4-3-5-9-17)20-16-24-21-11-7-6-10-19(20)21/h3-11,16,18,24H,12-15H2,1-2H3,(H,23,26). The molecule has 1 aromatic heterocycles. The Bertz CT molecular complexity index is 839. The number of amides is 1. The van der Waals surface area contributed by atoms with Gasteiger partial charge in [0.1, 0.15) is 0 Å². The highest BCUT2D eigenvalue weighted by Crippen LogP contribution is 2.30. The maximum atomic E-state index is 12.5. The van der Waals surface area contributed by atoms with E-state index in [-0.39, 0.29) is 11.8 Å². The Morgan fingerprint density at radius 3 is 2.58 bits per heavy atom. The maximum Gasteiger partial charge on any atom is 0.220 e. The van der Waals surface area contributed by atoms with Gasteiger partial charge < -0.3 is 15.2 Å². The molecule has 3 rings (SSSR count). The Labute approximate surface area is 155 Å². The van der Waals surface area contributed by atoms with Crippen molar-refractivity contribution in [2.24, 2.45) is 0 Å². The summed E-state index contributed by atoms with van der Waals surface area (Å²) in [5.74, 6) is 0.256. The number of aromatic amines is 1. The SMILES string of the molecule is CN(C)CCNC(=O)CC(Cc1ccccc1)c1c[nH]c2ccccc12. The van der Waals surface area contributed by atoms with E-state index < -0.39 is 0 Å². The maximum absolute atomic E-state index is 12.5. The second-order valence-corrected chi connectivity index (χ2v) is 7.03. The summed E-state index contributed by atoms with van der Waals surface area (Å²) < 4.78 is 0. The molecule has 2 aromatic carbocycles. The van der Waals surface area contributed by atoms with Gasteiger partial charge in [-0.3, -0.25) is 4.79 Å². The summed E-state index contributed by atoms with van der Waals surface area (Å²) >= 11 is 0. The van der Waals surface area contributed by atoms with Gasteiger partial charge in [0.2, 0.25) is 5.91 Å². The van der Waals surface area contributed by atoms with Gasteiger partial charge in [-0.2, -0.15) is 0 Å². The van der Waals surface area contributed by atoms with Crippen LogP contribution in [0.2, 0.25) is 0 Å². The third-order valence-electron chi connectivity index (χ3n) is 4.70. The number of fused-ring (bicyclic) bond motifs is 1. The fourth-order valence-electron chi connectivity index (χ4n) is 3.34. The number of para-hydroxylation sites is 1. The van der Waals surface area contributed by atoms with E-state index in [1.165, 1.54) is 16.5 Å². The number of hydrogen-bond donors (Lipinski definition) is 2. The lowest BCUT2D eigenvalue weighted by Crippen LogP contribution is -2.32. The summed E-state index contributed by atoms with van der Waals surface area (Å²) in [4.78, 5) is 17.9. The normalized spacial score (nSPS) is 12.4. The van der Waals surface area contributed by atoms with Crippen molar-refractivity contribution >= 4 is 16.8 Å². The molecule has 4 nitrogen and oxygen atoms in total. The van der Waals surface area contributed by atoms with Crippen molar-refractivity contribution in [3.8, 4) is 0 Å². The van der Waals surface area contributed by atoms with Crippen molar-refractivity contribution in [1.29, 1.82) is 0 Å². The van der Waals surface area contributed by atoms with Crippen molar-refractivity contribution in [1.82, 2.24) is 15.2 Å². The van der Waals surface area contributed by atoms with E-state index in [9.17, 15) is 4.79 Å². The van der Waals surface area contributed by atoms with Crippen LogP contribution in [0, 0.1) is 0 Å². The summed E-state index contributed by atoms with van der Waals surface area (Å²) in [5.41, 5.74) is 3.59. The minimum absolute atomic E-state index is 0.109. The molecule has 0 radical (unpaired) electrons. The van der Waals surface area contributed by atoms with Gasteiger partial charge in [0.05, 0.1) is 0 Å². The molecule has 0 spiro atoms. The molecule has 0 saturated carbocycles. The van der Waals surface area contributed by atoms with E-state index in [1.807, 2.05) is 26.2 Å². The Hall–Kier alpha value is -2.59. The number of aromatic nitrogens is 1. The number of nitrogens with zero attached hydrogens (tertiary/aromatic N) is 1. The molecule has 0 fully saturated rings. The van der Waals surface area contributed by atoms with Crippen molar-refractivity contribution in [2.75, 3.05) is 27.2 Å². The Kier molecular flexibility index (Phi) is 6.08. The first-order chi connectivity index (χ1) is 12.6. The van der Waals surface area contributed by atoms with Crippen LogP contribution in [0.1, 0.15) is 23.5 Å². The van der Waals surface area contributed by atoms with Crippen LogP contribution in [0.25, 0.3) is 10.9 Å². The van der Waals surface area contributed by atoms with Gasteiger partial charge in [-0.25, -0.2) is 0 Å². The molecule has 1 unspecified atom stereocenters. The van der Waals surface area contributed by atoms with Crippen LogP contribution in [0.15, 0.2) is 60.8 Å². The molecule has 4 heteroatoms. The number of benzene rings is 2. The molecule has 0 saturated heterocycles. The molecule has 136 valence electrons. The minimum Gasteiger partial charge on any atom is -0.361 e. The van der Waals surface area contributed by atoms with Crippen molar-refractivity contribution in [3.63, 3.8) is 0 Å². The average Bonchev–Trinajstić information content (AvgIpc) is 3.06. The van der Waals surface area contributed by atoms with Crippen LogP contribution < -0.4 is 5.32 Å². The second kappa shape index (κ2) is 8.68. The van der Waals surface area contributed by atoms with E-state index in [0.29, 0.717) is 13.0 Å². The molecule has 0 aliphatic heterocycles. The number of rotatable bonds is 8. The van der Waals surface area contributed by atoms with E-state index in [2.05, 4.69) is 63.9 Å². The lowest BCUT2D eigenvalue weighted by atomic mass is 9.88. The van der Waals surface area contributed by atoms with E-state index in [0.717, 1.165) is 18.5 Å². The first-order valence-corrected chi connectivity index (χ1v) is 9.15. The van der Waals surface area contributed by atoms with Crippen molar-refractivity contribution in [2.45, 2.75) is 18.8 Å². The summed E-state index contributed by atoms with van der Waals surface area (Å²) in [7, 11) is 4.02. The third kappa shape index (κ3) is 4.73. The second-order valence-electron chi connectivity index (χ2n) is 7.03. The van der Waals surface area contributed by atoms with Crippen LogP contribution in [-0.2, 0) is 11.2 Å². The highest BCUT2D eigenvalue weighted by Gasteiger charge is 2.20. The zero-order chi connectivity index (χ0) is 18.4. The highest BCUT2D eigenvalue weighted by molar-refractivity contribution is 5.85. The van der Waals surface area contributed by atoms with Gasteiger partial charge in [-0.05, 0) is 43.6 Å². The lowest BCUT2D eigenvalue weighted by molar-refractivity contribution is -0.121. The van der Waals surface area contributed by atoms with Crippen molar-refractivity contribution < 1.29 is 4.79 Å². The zero-order valence-electron chi connectivity index (χ0n) is 15.5. The van der Waals surface area contributed by atoms with Crippen LogP contribution in [0.4, 0.5) is 0 Å². The third-order valence-corrected chi connectivity index (χ3v) is 4.70. The first kappa shape index (κ1) is 18.2. The van der Waals surface area contributed by atoms with Crippen LogP contribution in [0.5, 0.6) is 0 Å². The van der Waals surface area contributed by atoms with Crippen LogP contribution in [0.3, 0.4) is 0 Å². The Balaban J connectivity index is 1.79. The highest BCUT2D eigenvalue weighted by atomic mass is 16.1. The van der Waals surface area contributed by atoms with Gasteiger partial charge in [-0.1, -0.05) is 48.5 Å². The first-order valence-electron chi connectivity index (χ1n) is 9.15. The largest absolute Gasteiger partial charge is 0.361 e. The van der Waals surface area contributed by atoms with Gasteiger partial charge in [-0.15, -0.1) is 0 Å². The predicted molar refractivity (Wildman–Crippen MR) is 107 cm³/mol. The van der Waals surface area contributed by atoms with Gasteiger partial charge in [0.15, 0.2) is 0 Å². The van der Waals surface area contributed by atoms with Crippen LogP contribution in [-0.4, -0.2) is 43.0 Å². The molecule has 3 aromatic rings. The molecule has 0 aliphatic carbocycles. The average molecular weight is 349 g/mol. The number of nitrogens with one attached hydrogen (secondary N) is 2. The summed E-state index contributed by atoms with van der Waals surface area (Å²) in [6.45, 7) is 1.53. The monoisotopic (exact) mass is 349 g/mol. The van der Waals surface area contributed by atoms with Gasteiger partial charge in [0.25, 0.3) is 0 Å². The van der Waals surface area contributed by atoms with Gasteiger partial charge in [0, 0.05) is 36.6 Å². The number of hydrogen-bond acceptors (Lipinski definition) is 2.